The summed E-state index contributed by atoms with van der Waals surface area (Å²) in [5, 5.41) is 3.27. The topological polar surface area (TPSA) is 52.2 Å². The first-order valence-corrected chi connectivity index (χ1v) is 8.16. The number of nitrogens with one attached hydrogen (secondary N) is 1. The third-order valence-electron chi connectivity index (χ3n) is 3.84. The number of rotatable bonds is 4. The number of aryl methyl sites for hydroxylation is 1. The van der Waals surface area contributed by atoms with Crippen LogP contribution in [0.2, 0.25) is 0 Å². The van der Waals surface area contributed by atoms with Crippen molar-refractivity contribution in [2.45, 2.75) is 13.3 Å². The Morgan fingerprint density at radius 3 is 2.81 bits per heavy atom. The highest BCUT2D eigenvalue weighted by Gasteiger charge is 2.22. The van der Waals surface area contributed by atoms with Gasteiger partial charge in [-0.2, -0.15) is 0 Å². The predicted octanol–water partition coefficient (Wildman–Crippen LogP) is 1.78. The van der Waals surface area contributed by atoms with E-state index in [0.29, 0.717) is 5.69 Å². The van der Waals surface area contributed by atoms with Gasteiger partial charge in [0.05, 0.1) is 10.7 Å². The third-order valence-corrected chi connectivity index (χ3v) is 4.66. The lowest BCUT2D eigenvalue weighted by Gasteiger charge is -2.34. The number of carbonyl (C=O) groups is 1. The van der Waals surface area contributed by atoms with Gasteiger partial charge in [0.15, 0.2) is 0 Å². The first kappa shape index (κ1) is 14.3. The number of nitrogens with zero attached hydrogens (tertiary/aromatic N) is 3. The van der Waals surface area contributed by atoms with E-state index >= 15 is 0 Å². The van der Waals surface area contributed by atoms with E-state index in [1.54, 1.807) is 17.5 Å². The van der Waals surface area contributed by atoms with E-state index in [2.05, 4.69) is 20.2 Å². The number of carbonyl (C=O) groups excluding carboxylic acids is 1. The molecule has 3 heterocycles. The second-order valence-corrected chi connectivity index (χ2v) is 6.39. The Hall–Kier alpha value is -1.66. The standard InChI is InChI=1S/C15H20N4OS/c1-12-17-13(11-21-12)4-6-18-7-9-19(10-8-18)15(20)14-3-2-5-16-14/h2-3,5,11,16H,4,6-10H2,1H3. The van der Waals surface area contributed by atoms with Gasteiger partial charge >= 0.3 is 0 Å². The predicted molar refractivity (Wildman–Crippen MR) is 83.7 cm³/mol. The Morgan fingerprint density at radius 1 is 1.38 bits per heavy atom. The summed E-state index contributed by atoms with van der Waals surface area (Å²) >= 11 is 1.71. The molecule has 1 N–H and O–H groups in total. The Labute approximate surface area is 128 Å². The number of hydrogen-bond acceptors (Lipinski definition) is 4. The van der Waals surface area contributed by atoms with Gasteiger partial charge < -0.3 is 9.88 Å². The van der Waals surface area contributed by atoms with Crippen molar-refractivity contribution in [1.29, 1.82) is 0 Å². The van der Waals surface area contributed by atoms with Gasteiger partial charge in [-0.3, -0.25) is 9.69 Å². The highest BCUT2D eigenvalue weighted by atomic mass is 32.1. The minimum Gasteiger partial charge on any atom is -0.357 e. The number of aromatic amines is 1. The van der Waals surface area contributed by atoms with Crippen LogP contribution in [0, 0.1) is 6.92 Å². The van der Waals surface area contributed by atoms with Crippen LogP contribution in [0.4, 0.5) is 0 Å². The van der Waals surface area contributed by atoms with Gasteiger partial charge in [-0.05, 0) is 19.1 Å². The molecule has 21 heavy (non-hydrogen) atoms. The number of H-pyrrole nitrogens is 1. The Kier molecular flexibility index (Phi) is 4.36. The van der Waals surface area contributed by atoms with Crippen molar-refractivity contribution >= 4 is 17.2 Å². The highest BCUT2D eigenvalue weighted by molar-refractivity contribution is 7.09. The van der Waals surface area contributed by atoms with Crippen LogP contribution in [-0.4, -0.2) is 58.4 Å². The number of piperazine rings is 1. The molecule has 2 aromatic heterocycles. The summed E-state index contributed by atoms with van der Waals surface area (Å²) in [6, 6.07) is 3.69. The zero-order chi connectivity index (χ0) is 14.7. The first-order chi connectivity index (χ1) is 10.2. The number of amides is 1. The van der Waals surface area contributed by atoms with Crippen molar-refractivity contribution in [1.82, 2.24) is 19.8 Å². The minimum absolute atomic E-state index is 0.106. The largest absolute Gasteiger partial charge is 0.357 e. The van der Waals surface area contributed by atoms with Crippen LogP contribution in [-0.2, 0) is 6.42 Å². The summed E-state index contributed by atoms with van der Waals surface area (Å²) in [6.45, 7) is 6.54. The summed E-state index contributed by atoms with van der Waals surface area (Å²) in [7, 11) is 0. The molecule has 1 aliphatic heterocycles. The lowest BCUT2D eigenvalue weighted by atomic mass is 10.2. The summed E-state index contributed by atoms with van der Waals surface area (Å²) in [5.74, 6) is 0.106. The van der Waals surface area contributed by atoms with Crippen molar-refractivity contribution in [3.63, 3.8) is 0 Å². The molecular formula is C15H20N4OS. The molecule has 1 saturated heterocycles. The van der Waals surface area contributed by atoms with Gasteiger partial charge in [-0.25, -0.2) is 4.98 Å². The van der Waals surface area contributed by atoms with Crippen LogP contribution >= 0.6 is 11.3 Å². The molecule has 0 saturated carbocycles. The maximum Gasteiger partial charge on any atom is 0.270 e. The lowest BCUT2D eigenvalue weighted by molar-refractivity contribution is 0.0633. The molecule has 6 heteroatoms. The van der Waals surface area contributed by atoms with Crippen molar-refractivity contribution in [3.8, 4) is 0 Å². The Bertz CT molecular complexity index is 585. The molecule has 112 valence electrons. The monoisotopic (exact) mass is 304 g/mol. The fourth-order valence-corrected chi connectivity index (χ4v) is 3.25. The van der Waals surface area contributed by atoms with E-state index in [4.69, 9.17) is 0 Å². The SMILES string of the molecule is Cc1nc(CCN2CCN(C(=O)c3ccc[nH]3)CC2)cs1. The maximum absolute atomic E-state index is 12.2. The van der Waals surface area contributed by atoms with Gasteiger partial charge in [-0.15, -0.1) is 11.3 Å². The molecule has 0 atom stereocenters. The van der Waals surface area contributed by atoms with E-state index in [1.807, 2.05) is 24.0 Å². The van der Waals surface area contributed by atoms with Crippen molar-refractivity contribution in [2.75, 3.05) is 32.7 Å². The average Bonchev–Trinajstić information content (AvgIpc) is 3.16. The van der Waals surface area contributed by atoms with Gasteiger partial charge in [0.1, 0.15) is 5.69 Å². The zero-order valence-electron chi connectivity index (χ0n) is 12.2. The second kappa shape index (κ2) is 6.41. The normalized spacial score (nSPS) is 16.3. The summed E-state index contributed by atoms with van der Waals surface area (Å²) in [6.07, 6.45) is 2.79. The molecular weight excluding hydrogens is 284 g/mol. The molecule has 1 fully saturated rings. The number of hydrogen-bond donors (Lipinski definition) is 1. The van der Waals surface area contributed by atoms with E-state index in [9.17, 15) is 4.79 Å². The zero-order valence-corrected chi connectivity index (χ0v) is 13.0. The van der Waals surface area contributed by atoms with Crippen molar-refractivity contribution in [2.24, 2.45) is 0 Å². The quantitative estimate of drug-likeness (QED) is 0.937. The van der Waals surface area contributed by atoms with Crippen LogP contribution in [0.5, 0.6) is 0 Å². The maximum atomic E-state index is 12.2. The van der Waals surface area contributed by atoms with Crippen LogP contribution < -0.4 is 0 Å². The fourth-order valence-electron chi connectivity index (χ4n) is 2.60. The molecule has 2 aromatic rings. The molecule has 0 unspecified atom stereocenters. The third kappa shape index (κ3) is 3.51. The van der Waals surface area contributed by atoms with Gasteiger partial charge in [0.25, 0.3) is 5.91 Å². The number of thiazole rings is 1. The van der Waals surface area contributed by atoms with Crippen LogP contribution in [0.15, 0.2) is 23.7 Å². The highest BCUT2D eigenvalue weighted by Crippen LogP contribution is 2.11. The minimum atomic E-state index is 0.106. The molecule has 0 aromatic carbocycles. The van der Waals surface area contributed by atoms with Crippen LogP contribution in [0.1, 0.15) is 21.2 Å². The van der Waals surface area contributed by atoms with Gasteiger partial charge in [0.2, 0.25) is 0 Å². The van der Waals surface area contributed by atoms with E-state index in [1.165, 1.54) is 5.69 Å². The summed E-state index contributed by atoms with van der Waals surface area (Å²) < 4.78 is 0. The van der Waals surface area contributed by atoms with Crippen molar-refractivity contribution < 1.29 is 4.79 Å². The molecule has 3 rings (SSSR count). The van der Waals surface area contributed by atoms with E-state index in [0.717, 1.165) is 44.2 Å². The fraction of sp³-hybridized carbons (Fsp3) is 0.467. The number of aromatic nitrogens is 2. The Morgan fingerprint density at radius 2 is 2.19 bits per heavy atom. The molecule has 0 bridgehead atoms. The van der Waals surface area contributed by atoms with E-state index < -0.39 is 0 Å². The van der Waals surface area contributed by atoms with Crippen molar-refractivity contribution in [3.05, 3.63) is 40.1 Å². The molecule has 5 nitrogen and oxygen atoms in total. The molecule has 1 amide bonds. The second-order valence-electron chi connectivity index (χ2n) is 5.33. The van der Waals surface area contributed by atoms with E-state index in [-0.39, 0.29) is 5.91 Å². The Balaban J connectivity index is 1.45. The molecule has 0 aliphatic carbocycles. The summed E-state index contributed by atoms with van der Waals surface area (Å²) in [4.78, 5) is 24.0. The molecule has 0 spiro atoms. The molecule has 1 aliphatic rings. The smallest absolute Gasteiger partial charge is 0.270 e. The average molecular weight is 304 g/mol. The van der Waals surface area contributed by atoms with Gasteiger partial charge in [0, 0.05) is 50.7 Å². The van der Waals surface area contributed by atoms with Crippen LogP contribution in [0.3, 0.4) is 0 Å². The van der Waals surface area contributed by atoms with Gasteiger partial charge in [-0.1, -0.05) is 0 Å². The summed E-state index contributed by atoms with van der Waals surface area (Å²) in [5.41, 5.74) is 1.86. The first-order valence-electron chi connectivity index (χ1n) is 7.28. The molecule has 0 radical (unpaired) electrons. The lowest BCUT2D eigenvalue weighted by Crippen LogP contribution is -2.49. The van der Waals surface area contributed by atoms with Crippen LogP contribution in [0.25, 0.3) is 0 Å².